The van der Waals surface area contributed by atoms with Gasteiger partial charge in [-0.15, -0.1) is 0 Å². The number of carbonyl (C=O) groups is 1. The molecule has 124 valence electrons. The second-order valence-electron chi connectivity index (χ2n) is 5.37. The summed E-state index contributed by atoms with van der Waals surface area (Å²) in [5, 5.41) is 0. The molecule has 6 heteroatoms. The van der Waals surface area contributed by atoms with Crippen molar-refractivity contribution in [2.45, 2.75) is 12.6 Å². The third-order valence-electron chi connectivity index (χ3n) is 3.93. The SMILES string of the molecule is COC(=O)c1ccc(C(F)(F)F)cc1C1=CCc2cc(F)ccc21. The molecule has 1 aliphatic carbocycles. The van der Waals surface area contributed by atoms with E-state index in [0.29, 0.717) is 23.1 Å². The van der Waals surface area contributed by atoms with E-state index in [1.54, 1.807) is 6.08 Å². The molecule has 2 aromatic rings. The van der Waals surface area contributed by atoms with Gasteiger partial charge in [-0.3, -0.25) is 0 Å². The Morgan fingerprint density at radius 3 is 2.50 bits per heavy atom. The first-order valence-electron chi connectivity index (χ1n) is 7.10. The van der Waals surface area contributed by atoms with Gasteiger partial charge in [-0.05, 0) is 59.0 Å². The standard InChI is InChI=1S/C18H12F4O2/c1-24-17(23)15-6-3-11(18(20,21)22)9-16(15)14-5-2-10-8-12(19)4-7-13(10)14/h3-9H,2H2,1H3. The van der Waals surface area contributed by atoms with E-state index in [9.17, 15) is 22.4 Å². The zero-order valence-corrected chi connectivity index (χ0v) is 12.6. The summed E-state index contributed by atoms with van der Waals surface area (Å²) in [6.45, 7) is 0. The topological polar surface area (TPSA) is 26.3 Å². The van der Waals surface area contributed by atoms with Crippen LogP contribution >= 0.6 is 0 Å². The fourth-order valence-corrected chi connectivity index (χ4v) is 2.80. The third kappa shape index (κ3) is 2.79. The number of hydrogen-bond acceptors (Lipinski definition) is 2. The zero-order chi connectivity index (χ0) is 17.5. The maximum Gasteiger partial charge on any atom is 0.416 e. The lowest BCUT2D eigenvalue weighted by Crippen LogP contribution is -2.10. The number of fused-ring (bicyclic) bond motifs is 1. The molecule has 0 unspecified atom stereocenters. The van der Waals surface area contributed by atoms with Crippen molar-refractivity contribution in [3.8, 4) is 0 Å². The Morgan fingerprint density at radius 2 is 1.83 bits per heavy atom. The highest BCUT2D eigenvalue weighted by molar-refractivity contribution is 5.99. The van der Waals surface area contributed by atoms with Crippen LogP contribution in [0.1, 0.15) is 32.6 Å². The van der Waals surface area contributed by atoms with Crippen LogP contribution in [-0.2, 0) is 17.3 Å². The first-order valence-corrected chi connectivity index (χ1v) is 7.10. The second-order valence-corrected chi connectivity index (χ2v) is 5.37. The molecule has 0 aromatic heterocycles. The van der Waals surface area contributed by atoms with Crippen molar-refractivity contribution in [1.29, 1.82) is 0 Å². The molecule has 24 heavy (non-hydrogen) atoms. The molecule has 0 amide bonds. The number of ether oxygens (including phenoxy) is 1. The normalized spacial score (nSPS) is 13.5. The summed E-state index contributed by atoms with van der Waals surface area (Å²) in [6, 6.07) is 6.96. The van der Waals surface area contributed by atoms with Crippen LogP contribution in [0.25, 0.3) is 5.57 Å². The van der Waals surface area contributed by atoms with E-state index in [-0.39, 0.29) is 11.1 Å². The Kier molecular flexibility index (Phi) is 3.91. The molecule has 2 nitrogen and oxygen atoms in total. The van der Waals surface area contributed by atoms with Crippen molar-refractivity contribution < 1.29 is 27.1 Å². The summed E-state index contributed by atoms with van der Waals surface area (Å²) >= 11 is 0. The lowest BCUT2D eigenvalue weighted by Gasteiger charge is -2.14. The van der Waals surface area contributed by atoms with Crippen molar-refractivity contribution in [2.75, 3.05) is 7.11 Å². The van der Waals surface area contributed by atoms with Crippen molar-refractivity contribution >= 4 is 11.5 Å². The average Bonchev–Trinajstić information content (AvgIpc) is 2.95. The Labute approximate surface area is 135 Å². The maximum atomic E-state index is 13.3. The summed E-state index contributed by atoms with van der Waals surface area (Å²) in [5.74, 6) is -1.14. The van der Waals surface area contributed by atoms with E-state index < -0.39 is 23.5 Å². The van der Waals surface area contributed by atoms with Gasteiger partial charge in [0, 0.05) is 0 Å². The molecule has 1 aliphatic rings. The van der Waals surface area contributed by atoms with Crippen molar-refractivity contribution in [3.63, 3.8) is 0 Å². The number of rotatable bonds is 2. The molecular weight excluding hydrogens is 324 g/mol. The number of esters is 1. The van der Waals surface area contributed by atoms with E-state index in [0.717, 1.165) is 25.3 Å². The Morgan fingerprint density at radius 1 is 1.08 bits per heavy atom. The van der Waals surface area contributed by atoms with Crippen molar-refractivity contribution in [1.82, 2.24) is 0 Å². The number of benzene rings is 2. The van der Waals surface area contributed by atoms with Gasteiger partial charge in [-0.25, -0.2) is 9.18 Å². The monoisotopic (exact) mass is 336 g/mol. The molecule has 0 spiro atoms. The molecule has 0 fully saturated rings. The predicted octanol–water partition coefficient (Wildman–Crippen LogP) is 4.62. The summed E-state index contributed by atoms with van der Waals surface area (Å²) < 4.78 is 57.1. The highest BCUT2D eigenvalue weighted by Crippen LogP contribution is 2.38. The average molecular weight is 336 g/mol. The van der Waals surface area contributed by atoms with Gasteiger partial charge >= 0.3 is 12.1 Å². The molecular formula is C18H12F4O2. The molecule has 0 atom stereocenters. The number of halogens is 4. The van der Waals surface area contributed by atoms with Gasteiger partial charge in [-0.2, -0.15) is 13.2 Å². The molecule has 0 N–H and O–H groups in total. The van der Waals surface area contributed by atoms with Crippen LogP contribution in [0.4, 0.5) is 17.6 Å². The van der Waals surface area contributed by atoms with Crippen LogP contribution in [0.5, 0.6) is 0 Å². The zero-order valence-electron chi connectivity index (χ0n) is 12.6. The van der Waals surface area contributed by atoms with Crippen LogP contribution in [0.2, 0.25) is 0 Å². The van der Waals surface area contributed by atoms with Crippen LogP contribution in [0.15, 0.2) is 42.5 Å². The van der Waals surface area contributed by atoms with Crippen molar-refractivity contribution in [3.05, 3.63) is 76.1 Å². The lowest BCUT2D eigenvalue weighted by atomic mass is 9.93. The first kappa shape index (κ1) is 16.2. The fraction of sp³-hybridized carbons (Fsp3) is 0.167. The summed E-state index contributed by atoms with van der Waals surface area (Å²) in [4.78, 5) is 11.9. The van der Waals surface area contributed by atoms with Gasteiger partial charge in [0.15, 0.2) is 0 Å². The fourth-order valence-electron chi connectivity index (χ4n) is 2.80. The lowest BCUT2D eigenvalue weighted by molar-refractivity contribution is -0.137. The molecule has 2 aromatic carbocycles. The van der Waals surface area contributed by atoms with Gasteiger partial charge in [0.05, 0.1) is 18.2 Å². The van der Waals surface area contributed by atoms with Crippen LogP contribution in [0, 0.1) is 5.82 Å². The molecule has 0 saturated heterocycles. The van der Waals surface area contributed by atoms with E-state index in [2.05, 4.69) is 4.74 Å². The third-order valence-corrected chi connectivity index (χ3v) is 3.93. The molecule has 3 rings (SSSR count). The Hall–Kier alpha value is -2.63. The summed E-state index contributed by atoms with van der Waals surface area (Å²) in [6.07, 6.45) is -2.46. The molecule has 0 heterocycles. The minimum Gasteiger partial charge on any atom is -0.465 e. The number of hydrogen-bond donors (Lipinski definition) is 0. The minimum atomic E-state index is -4.53. The van der Waals surface area contributed by atoms with E-state index in [1.807, 2.05) is 0 Å². The number of methoxy groups -OCH3 is 1. The van der Waals surface area contributed by atoms with Gasteiger partial charge in [0.25, 0.3) is 0 Å². The van der Waals surface area contributed by atoms with Crippen LogP contribution in [-0.4, -0.2) is 13.1 Å². The number of carbonyl (C=O) groups excluding carboxylic acids is 1. The number of alkyl halides is 3. The van der Waals surface area contributed by atoms with Crippen molar-refractivity contribution in [2.24, 2.45) is 0 Å². The van der Waals surface area contributed by atoms with Gasteiger partial charge in [-0.1, -0.05) is 12.1 Å². The quantitative estimate of drug-likeness (QED) is 0.591. The molecule has 0 bridgehead atoms. The van der Waals surface area contributed by atoms with Gasteiger partial charge in [0.1, 0.15) is 5.82 Å². The largest absolute Gasteiger partial charge is 0.465 e. The minimum absolute atomic E-state index is 0.0360. The van der Waals surface area contributed by atoms with Crippen LogP contribution in [0.3, 0.4) is 0 Å². The Balaban J connectivity index is 2.18. The second kappa shape index (κ2) is 5.78. The first-order chi connectivity index (χ1) is 11.3. The smallest absolute Gasteiger partial charge is 0.416 e. The highest BCUT2D eigenvalue weighted by atomic mass is 19.4. The van der Waals surface area contributed by atoms with E-state index in [1.165, 1.54) is 18.2 Å². The van der Waals surface area contributed by atoms with E-state index in [4.69, 9.17) is 0 Å². The predicted molar refractivity (Wildman–Crippen MR) is 80.0 cm³/mol. The molecule has 0 saturated carbocycles. The van der Waals surface area contributed by atoms with Crippen LogP contribution < -0.4 is 0 Å². The molecule has 0 aliphatic heterocycles. The number of allylic oxidation sites excluding steroid dienone is 1. The van der Waals surface area contributed by atoms with Gasteiger partial charge < -0.3 is 4.74 Å². The highest BCUT2D eigenvalue weighted by Gasteiger charge is 2.32. The maximum absolute atomic E-state index is 13.3. The Bertz CT molecular complexity index is 851. The summed E-state index contributed by atoms with van der Waals surface area (Å²) in [7, 11) is 1.16. The molecule has 0 radical (unpaired) electrons. The summed E-state index contributed by atoms with van der Waals surface area (Å²) in [5.41, 5.74) is 1.05. The van der Waals surface area contributed by atoms with E-state index >= 15 is 0 Å². The van der Waals surface area contributed by atoms with Gasteiger partial charge in [0.2, 0.25) is 0 Å².